The van der Waals surface area contributed by atoms with E-state index in [2.05, 4.69) is 13.8 Å². The van der Waals surface area contributed by atoms with Crippen LogP contribution < -0.4 is 0 Å². The predicted molar refractivity (Wildman–Crippen MR) is 90.7 cm³/mol. The molecule has 1 aromatic carbocycles. The highest BCUT2D eigenvalue weighted by Crippen LogP contribution is 2.30. The zero-order valence-electron chi connectivity index (χ0n) is 14.0. The number of carbonyl (C=O) groups is 1. The second-order valence-corrected chi connectivity index (χ2v) is 6.24. The second-order valence-electron chi connectivity index (χ2n) is 6.24. The Morgan fingerprint density at radius 1 is 1.05 bits per heavy atom. The molecule has 3 heteroatoms. The first-order valence-electron chi connectivity index (χ1n) is 8.62. The van der Waals surface area contributed by atoms with Gasteiger partial charge in [0, 0.05) is 0 Å². The third kappa shape index (κ3) is 6.50. The van der Waals surface area contributed by atoms with Crippen LogP contribution in [-0.2, 0) is 0 Å². The maximum Gasteiger partial charge on any atom is 0.335 e. The molecule has 0 amide bonds. The molecule has 3 nitrogen and oxygen atoms in total. The van der Waals surface area contributed by atoms with Crippen molar-refractivity contribution in [2.24, 2.45) is 0 Å². The van der Waals surface area contributed by atoms with Crippen molar-refractivity contribution in [1.82, 2.24) is 0 Å². The van der Waals surface area contributed by atoms with E-state index in [-0.39, 0.29) is 17.2 Å². The van der Waals surface area contributed by atoms with Gasteiger partial charge in [-0.1, -0.05) is 65.2 Å². The lowest BCUT2D eigenvalue weighted by molar-refractivity contribution is 0.0696. The molecule has 1 rings (SSSR count). The van der Waals surface area contributed by atoms with Gasteiger partial charge in [0.15, 0.2) is 0 Å². The van der Waals surface area contributed by atoms with Gasteiger partial charge in [0.25, 0.3) is 0 Å². The summed E-state index contributed by atoms with van der Waals surface area (Å²) >= 11 is 0. The van der Waals surface area contributed by atoms with E-state index in [0.717, 1.165) is 18.4 Å². The van der Waals surface area contributed by atoms with E-state index in [1.807, 2.05) is 0 Å². The van der Waals surface area contributed by atoms with E-state index in [1.165, 1.54) is 57.1 Å². The topological polar surface area (TPSA) is 57.5 Å². The zero-order valence-corrected chi connectivity index (χ0v) is 14.0. The minimum atomic E-state index is -0.944. The first-order chi connectivity index (χ1) is 10.6. The van der Waals surface area contributed by atoms with E-state index in [0.29, 0.717) is 0 Å². The summed E-state index contributed by atoms with van der Waals surface area (Å²) in [6.07, 6.45) is 11.2. The standard InChI is InChI=1S/C19H30O3/c1-3-4-5-6-7-8-9-10-11-15(2)17-14-16(19(21)22)12-13-18(17)20/h12-15,20H,3-11H2,1-2H3,(H,21,22). The lowest BCUT2D eigenvalue weighted by Crippen LogP contribution is -2.00. The average Bonchev–Trinajstić information content (AvgIpc) is 2.50. The monoisotopic (exact) mass is 306 g/mol. The van der Waals surface area contributed by atoms with E-state index >= 15 is 0 Å². The Morgan fingerprint density at radius 3 is 2.23 bits per heavy atom. The minimum Gasteiger partial charge on any atom is -0.508 e. The molecule has 1 unspecified atom stereocenters. The molecule has 1 atom stereocenters. The van der Waals surface area contributed by atoms with Crippen LogP contribution in [0.1, 0.15) is 93.5 Å². The molecule has 0 fully saturated rings. The smallest absolute Gasteiger partial charge is 0.335 e. The van der Waals surface area contributed by atoms with Crippen LogP contribution in [0.4, 0.5) is 0 Å². The van der Waals surface area contributed by atoms with Gasteiger partial charge in [-0.15, -0.1) is 0 Å². The van der Waals surface area contributed by atoms with Crippen molar-refractivity contribution in [3.8, 4) is 5.75 Å². The minimum absolute atomic E-state index is 0.194. The van der Waals surface area contributed by atoms with E-state index in [1.54, 1.807) is 6.07 Å². The van der Waals surface area contributed by atoms with Crippen molar-refractivity contribution in [2.75, 3.05) is 0 Å². The third-order valence-corrected chi connectivity index (χ3v) is 4.30. The molecule has 22 heavy (non-hydrogen) atoms. The van der Waals surface area contributed by atoms with E-state index < -0.39 is 5.97 Å². The maximum atomic E-state index is 11.0. The Morgan fingerprint density at radius 2 is 1.64 bits per heavy atom. The Labute approximate surface area is 134 Å². The Kier molecular flexibility index (Phi) is 8.64. The Hall–Kier alpha value is -1.51. The molecule has 0 spiro atoms. The number of phenolic OH excluding ortho intramolecular Hbond substituents is 1. The molecule has 0 saturated carbocycles. The summed E-state index contributed by atoms with van der Waals surface area (Å²) < 4.78 is 0. The molecule has 0 bridgehead atoms. The lowest BCUT2D eigenvalue weighted by atomic mass is 9.92. The molecule has 0 radical (unpaired) electrons. The molecule has 124 valence electrons. The van der Waals surface area contributed by atoms with Gasteiger partial charge >= 0.3 is 5.97 Å². The number of hydrogen-bond donors (Lipinski definition) is 2. The highest BCUT2D eigenvalue weighted by atomic mass is 16.4. The summed E-state index contributed by atoms with van der Waals surface area (Å²) in [5, 5.41) is 19.0. The maximum absolute atomic E-state index is 11.0. The fourth-order valence-electron chi connectivity index (χ4n) is 2.82. The summed E-state index contributed by atoms with van der Waals surface area (Å²) in [5.41, 5.74) is 0.999. The molecule has 0 saturated heterocycles. The summed E-state index contributed by atoms with van der Waals surface area (Å²) in [4.78, 5) is 11.0. The number of unbranched alkanes of at least 4 members (excludes halogenated alkanes) is 7. The van der Waals surface area contributed by atoms with Crippen LogP contribution >= 0.6 is 0 Å². The van der Waals surface area contributed by atoms with Crippen molar-refractivity contribution >= 4 is 5.97 Å². The summed E-state index contributed by atoms with van der Waals surface area (Å²) in [7, 11) is 0. The lowest BCUT2D eigenvalue weighted by Gasteiger charge is -2.14. The van der Waals surface area contributed by atoms with Crippen LogP contribution in [0.5, 0.6) is 5.75 Å². The SMILES string of the molecule is CCCCCCCCCCC(C)c1cc(C(=O)O)ccc1O. The van der Waals surface area contributed by atoms with Crippen molar-refractivity contribution in [1.29, 1.82) is 0 Å². The fourth-order valence-corrected chi connectivity index (χ4v) is 2.82. The molecule has 1 aromatic rings. The van der Waals surface area contributed by atoms with Gasteiger partial charge in [0.2, 0.25) is 0 Å². The normalized spacial score (nSPS) is 12.3. The van der Waals surface area contributed by atoms with Gasteiger partial charge in [-0.2, -0.15) is 0 Å². The molecular formula is C19H30O3. The molecule has 0 aromatic heterocycles. The molecule has 2 N–H and O–H groups in total. The molecular weight excluding hydrogens is 276 g/mol. The number of hydrogen-bond acceptors (Lipinski definition) is 2. The first kappa shape index (κ1) is 18.5. The number of benzene rings is 1. The van der Waals surface area contributed by atoms with Gasteiger partial charge < -0.3 is 10.2 Å². The van der Waals surface area contributed by atoms with E-state index in [4.69, 9.17) is 5.11 Å². The summed E-state index contributed by atoms with van der Waals surface area (Å²) in [6, 6.07) is 4.54. The number of phenols is 1. The molecule has 0 heterocycles. The van der Waals surface area contributed by atoms with Gasteiger partial charge in [-0.25, -0.2) is 4.79 Å². The zero-order chi connectivity index (χ0) is 16.4. The molecule has 0 aliphatic carbocycles. The van der Waals surface area contributed by atoms with Crippen LogP contribution in [0, 0.1) is 0 Å². The number of aromatic hydroxyl groups is 1. The number of rotatable bonds is 11. The van der Waals surface area contributed by atoms with Crippen molar-refractivity contribution in [2.45, 2.75) is 77.6 Å². The van der Waals surface area contributed by atoms with Crippen molar-refractivity contribution < 1.29 is 15.0 Å². The van der Waals surface area contributed by atoms with Crippen molar-refractivity contribution in [3.63, 3.8) is 0 Å². The van der Waals surface area contributed by atoms with Gasteiger partial charge in [-0.05, 0) is 36.1 Å². The molecule has 0 aliphatic heterocycles. The average molecular weight is 306 g/mol. The van der Waals surface area contributed by atoms with Crippen LogP contribution in [0.2, 0.25) is 0 Å². The summed E-state index contributed by atoms with van der Waals surface area (Å²) in [6.45, 7) is 4.29. The molecule has 0 aliphatic rings. The second kappa shape index (κ2) is 10.3. The van der Waals surface area contributed by atoms with Crippen molar-refractivity contribution in [3.05, 3.63) is 29.3 Å². The largest absolute Gasteiger partial charge is 0.508 e. The highest BCUT2D eigenvalue weighted by Gasteiger charge is 2.13. The van der Waals surface area contributed by atoms with Gasteiger partial charge in [-0.3, -0.25) is 0 Å². The quantitative estimate of drug-likeness (QED) is 0.514. The highest BCUT2D eigenvalue weighted by molar-refractivity contribution is 5.88. The Balaban J connectivity index is 2.32. The van der Waals surface area contributed by atoms with Gasteiger partial charge in [0.1, 0.15) is 5.75 Å². The number of carboxylic acids is 1. The Bertz CT molecular complexity index is 454. The number of aromatic carboxylic acids is 1. The van der Waals surface area contributed by atoms with Crippen LogP contribution in [0.15, 0.2) is 18.2 Å². The third-order valence-electron chi connectivity index (χ3n) is 4.30. The van der Waals surface area contributed by atoms with Gasteiger partial charge in [0.05, 0.1) is 5.56 Å². The fraction of sp³-hybridized carbons (Fsp3) is 0.632. The predicted octanol–water partition coefficient (Wildman–Crippen LogP) is 5.72. The first-order valence-corrected chi connectivity index (χ1v) is 8.62. The van der Waals surface area contributed by atoms with E-state index in [9.17, 15) is 9.90 Å². The van der Waals surface area contributed by atoms with Crippen LogP contribution in [0.25, 0.3) is 0 Å². The number of carboxylic acid groups (broad SMARTS) is 1. The van der Waals surface area contributed by atoms with Crippen LogP contribution in [0.3, 0.4) is 0 Å². The summed E-state index contributed by atoms with van der Waals surface area (Å²) in [5.74, 6) is -0.544. The van der Waals surface area contributed by atoms with Crippen LogP contribution in [-0.4, -0.2) is 16.2 Å².